The van der Waals surface area contributed by atoms with E-state index in [1.165, 1.54) is 0 Å². The molecule has 3 heterocycles. The molecule has 1 aliphatic carbocycles. The molecule has 2 aliphatic rings. The van der Waals surface area contributed by atoms with Crippen LogP contribution < -0.4 is 4.90 Å². The van der Waals surface area contributed by atoms with Gasteiger partial charge in [0.1, 0.15) is 11.6 Å². The summed E-state index contributed by atoms with van der Waals surface area (Å²) < 4.78 is 1.78. The normalized spacial score (nSPS) is 28.2. The number of anilines is 1. The lowest BCUT2D eigenvalue weighted by Gasteiger charge is -2.25. The molecule has 6 nitrogen and oxygen atoms in total. The van der Waals surface area contributed by atoms with Crippen LogP contribution in [-0.2, 0) is 4.79 Å². The lowest BCUT2D eigenvalue weighted by Crippen LogP contribution is -2.40. The number of aryl methyl sites for hydroxylation is 1. The first-order valence-electron chi connectivity index (χ1n) is 7.45. The summed E-state index contributed by atoms with van der Waals surface area (Å²) in [7, 11) is 0. The number of hydrogen-bond donors (Lipinski definition) is 1. The van der Waals surface area contributed by atoms with Crippen molar-refractivity contribution in [1.29, 1.82) is 0 Å². The van der Waals surface area contributed by atoms with Gasteiger partial charge in [-0.1, -0.05) is 6.42 Å². The van der Waals surface area contributed by atoms with Crippen LogP contribution in [0.4, 0.5) is 5.82 Å². The molecule has 1 N–H and O–H groups in total. The monoisotopic (exact) mass is 286 g/mol. The number of rotatable bonds is 2. The third-order valence-corrected chi connectivity index (χ3v) is 4.91. The maximum atomic E-state index is 11.8. The largest absolute Gasteiger partial charge is 0.480 e. The Labute approximate surface area is 122 Å². The van der Waals surface area contributed by atoms with Crippen LogP contribution in [0, 0.1) is 18.8 Å². The highest BCUT2D eigenvalue weighted by molar-refractivity contribution is 5.82. The highest BCUT2D eigenvalue weighted by atomic mass is 16.4. The molecule has 1 saturated heterocycles. The second kappa shape index (κ2) is 4.44. The van der Waals surface area contributed by atoms with Crippen LogP contribution in [-0.4, -0.2) is 38.3 Å². The fraction of sp³-hybridized carbons (Fsp3) is 0.533. The number of carboxylic acids is 1. The summed E-state index contributed by atoms with van der Waals surface area (Å²) in [6.07, 6.45) is 6.79. The van der Waals surface area contributed by atoms with Gasteiger partial charge in [0, 0.05) is 18.9 Å². The lowest BCUT2D eigenvalue weighted by molar-refractivity contribution is -0.139. The quantitative estimate of drug-likeness (QED) is 0.910. The summed E-state index contributed by atoms with van der Waals surface area (Å²) in [5.74, 6) is 0.759. The minimum absolute atomic E-state index is 0.258. The van der Waals surface area contributed by atoms with Crippen LogP contribution in [0.25, 0.3) is 5.52 Å². The van der Waals surface area contributed by atoms with Crippen molar-refractivity contribution in [2.45, 2.75) is 32.2 Å². The molecule has 2 aromatic heterocycles. The summed E-state index contributed by atoms with van der Waals surface area (Å²) in [6, 6.07) is 1.52. The first-order chi connectivity index (χ1) is 10.1. The van der Waals surface area contributed by atoms with Gasteiger partial charge in [-0.25, -0.2) is 14.3 Å². The second-order valence-electron chi connectivity index (χ2n) is 6.16. The van der Waals surface area contributed by atoms with Gasteiger partial charge < -0.3 is 10.0 Å². The van der Waals surface area contributed by atoms with Crippen LogP contribution >= 0.6 is 0 Å². The SMILES string of the molecule is Cc1cc2c(N3CC4CCCC4C3C(=O)O)nccn2n1. The number of aromatic nitrogens is 3. The number of hydrogen-bond acceptors (Lipinski definition) is 4. The van der Waals surface area contributed by atoms with Gasteiger partial charge in [-0.3, -0.25) is 0 Å². The first-order valence-corrected chi connectivity index (χ1v) is 7.45. The van der Waals surface area contributed by atoms with Crippen molar-refractivity contribution in [2.75, 3.05) is 11.4 Å². The van der Waals surface area contributed by atoms with E-state index in [4.69, 9.17) is 0 Å². The molecular weight excluding hydrogens is 268 g/mol. The van der Waals surface area contributed by atoms with Crippen molar-refractivity contribution >= 4 is 17.3 Å². The number of fused-ring (bicyclic) bond motifs is 2. The molecule has 0 radical (unpaired) electrons. The van der Waals surface area contributed by atoms with Crippen LogP contribution in [0.1, 0.15) is 25.0 Å². The summed E-state index contributed by atoms with van der Waals surface area (Å²) in [4.78, 5) is 18.2. The number of carbonyl (C=O) groups is 1. The zero-order valence-corrected chi connectivity index (χ0v) is 11.9. The molecule has 6 heteroatoms. The Morgan fingerprint density at radius 1 is 1.43 bits per heavy atom. The van der Waals surface area contributed by atoms with E-state index in [0.717, 1.165) is 42.8 Å². The third-order valence-electron chi connectivity index (χ3n) is 4.91. The Morgan fingerprint density at radius 3 is 3.10 bits per heavy atom. The Kier molecular flexibility index (Phi) is 2.67. The second-order valence-corrected chi connectivity index (χ2v) is 6.16. The molecule has 2 aromatic rings. The van der Waals surface area contributed by atoms with Gasteiger partial charge in [-0.2, -0.15) is 5.10 Å². The maximum absolute atomic E-state index is 11.8. The molecule has 0 bridgehead atoms. The third kappa shape index (κ3) is 1.81. The first kappa shape index (κ1) is 12.6. The van der Waals surface area contributed by atoms with E-state index in [9.17, 15) is 9.90 Å². The van der Waals surface area contributed by atoms with Crippen LogP contribution in [0.15, 0.2) is 18.5 Å². The van der Waals surface area contributed by atoms with Gasteiger partial charge in [-0.05, 0) is 37.7 Å². The summed E-state index contributed by atoms with van der Waals surface area (Å²) in [6.45, 7) is 2.72. The van der Waals surface area contributed by atoms with E-state index in [1.54, 1.807) is 16.9 Å². The number of aliphatic carboxylic acids is 1. The standard InChI is InChI=1S/C15H18N4O2/c1-9-7-12-14(16-5-6-19(12)17-9)18-8-10-3-2-4-11(10)13(18)15(20)21/h5-7,10-11,13H,2-4,8H2,1H3,(H,20,21). The highest BCUT2D eigenvalue weighted by Crippen LogP contribution is 2.44. The Bertz CT molecular complexity index is 711. The van der Waals surface area contributed by atoms with Crippen molar-refractivity contribution in [2.24, 2.45) is 11.8 Å². The molecule has 21 heavy (non-hydrogen) atoms. The van der Waals surface area contributed by atoms with Gasteiger partial charge in [0.05, 0.1) is 5.69 Å². The zero-order valence-electron chi connectivity index (χ0n) is 11.9. The molecule has 0 spiro atoms. The fourth-order valence-corrected chi connectivity index (χ4v) is 4.09. The summed E-state index contributed by atoms with van der Waals surface area (Å²) in [5.41, 5.74) is 1.80. The van der Waals surface area contributed by atoms with Crippen molar-refractivity contribution < 1.29 is 9.90 Å². The lowest BCUT2D eigenvalue weighted by atomic mass is 9.94. The topological polar surface area (TPSA) is 70.7 Å². The smallest absolute Gasteiger partial charge is 0.326 e. The van der Waals surface area contributed by atoms with E-state index < -0.39 is 12.0 Å². The zero-order chi connectivity index (χ0) is 14.6. The molecule has 110 valence electrons. The summed E-state index contributed by atoms with van der Waals surface area (Å²) in [5, 5.41) is 14.1. The summed E-state index contributed by atoms with van der Waals surface area (Å²) >= 11 is 0. The molecule has 4 rings (SSSR count). The van der Waals surface area contributed by atoms with Crippen molar-refractivity contribution in [3.8, 4) is 0 Å². The fourth-order valence-electron chi connectivity index (χ4n) is 4.09. The van der Waals surface area contributed by atoms with E-state index >= 15 is 0 Å². The van der Waals surface area contributed by atoms with Gasteiger partial charge in [0.15, 0.2) is 5.82 Å². The van der Waals surface area contributed by atoms with Crippen LogP contribution in [0.2, 0.25) is 0 Å². The van der Waals surface area contributed by atoms with E-state index in [2.05, 4.69) is 10.1 Å². The van der Waals surface area contributed by atoms with E-state index in [1.807, 2.05) is 17.9 Å². The van der Waals surface area contributed by atoms with E-state index in [0.29, 0.717) is 5.92 Å². The van der Waals surface area contributed by atoms with Crippen molar-refractivity contribution in [1.82, 2.24) is 14.6 Å². The Balaban J connectivity index is 1.82. The van der Waals surface area contributed by atoms with Crippen LogP contribution in [0.5, 0.6) is 0 Å². The Morgan fingerprint density at radius 2 is 2.29 bits per heavy atom. The van der Waals surface area contributed by atoms with Gasteiger partial charge >= 0.3 is 5.97 Å². The average Bonchev–Trinajstić information content (AvgIpc) is 3.08. The van der Waals surface area contributed by atoms with Crippen LogP contribution in [0.3, 0.4) is 0 Å². The van der Waals surface area contributed by atoms with Gasteiger partial charge in [0.2, 0.25) is 0 Å². The highest BCUT2D eigenvalue weighted by Gasteiger charge is 2.48. The molecule has 0 amide bonds. The Hall–Kier alpha value is -2.11. The van der Waals surface area contributed by atoms with E-state index in [-0.39, 0.29) is 5.92 Å². The average molecular weight is 286 g/mol. The molecule has 1 saturated carbocycles. The number of carboxylic acid groups (broad SMARTS) is 1. The van der Waals surface area contributed by atoms with Crippen molar-refractivity contribution in [3.63, 3.8) is 0 Å². The maximum Gasteiger partial charge on any atom is 0.326 e. The molecular formula is C15H18N4O2. The van der Waals surface area contributed by atoms with Gasteiger partial charge in [0.25, 0.3) is 0 Å². The molecule has 0 aromatic carbocycles. The van der Waals surface area contributed by atoms with Gasteiger partial charge in [-0.15, -0.1) is 0 Å². The molecule has 1 aliphatic heterocycles. The predicted molar refractivity (Wildman–Crippen MR) is 77.3 cm³/mol. The molecule has 3 unspecified atom stereocenters. The number of nitrogens with zero attached hydrogens (tertiary/aromatic N) is 4. The predicted octanol–water partition coefficient (Wildman–Crippen LogP) is 1.73. The van der Waals surface area contributed by atoms with Crippen molar-refractivity contribution in [3.05, 3.63) is 24.2 Å². The molecule has 3 atom stereocenters. The molecule has 2 fully saturated rings. The minimum atomic E-state index is -0.732. The minimum Gasteiger partial charge on any atom is -0.480 e.